The van der Waals surface area contributed by atoms with Crippen molar-refractivity contribution in [2.24, 2.45) is 0 Å². The van der Waals surface area contributed by atoms with Crippen molar-refractivity contribution in [2.45, 2.75) is 26.1 Å². The van der Waals surface area contributed by atoms with Gasteiger partial charge in [-0.2, -0.15) is 13.2 Å². The van der Waals surface area contributed by atoms with E-state index in [2.05, 4.69) is 15.6 Å². The minimum atomic E-state index is -4.45. The first kappa shape index (κ1) is 21.2. The Morgan fingerprint density at radius 1 is 1.07 bits per heavy atom. The van der Waals surface area contributed by atoms with Crippen LogP contribution in [0.15, 0.2) is 60.8 Å². The first-order valence-electron chi connectivity index (χ1n) is 9.24. The Kier molecular flexibility index (Phi) is 5.96. The van der Waals surface area contributed by atoms with Crippen LogP contribution in [0.1, 0.15) is 29.8 Å². The lowest BCUT2D eigenvalue weighted by atomic mass is 10.0. The highest BCUT2D eigenvalue weighted by Crippen LogP contribution is 2.34. The van der Waals surface area contributed by atoms with E-state index in [1.165, 1.54) is 12.3 Å². The number of alkyl halides is 3. The first-order chi connectivity index (χ1) is 14.1. The molecular weight excluding hydrogens is 393 g/mol. The molecule has 0 saturated heterocycles. The largest absolute Gasteiger partial charge is 0.416 e. The summed E-state index contributed by atoms with van der Waals surface area (Å²) >= 11 is 0. The van der Waals surface area contributed by atoms with Gasteiger partial charge in [0.2, 0.25) is 0 Å². The molecule has 0 spiro atoms. The van der Waals surface area contributed by atoms with E-state index in [0.717, 1.165) is 12.1 Å². The molecule has 0 bridgehead atoms. The minimum Gasteiger partial charge on any atom is -0.384 e. The predicted octanol–water partition coefficient (Wildman–Crippen LogP) is 5.23. The molecular formula is C22H21F3N4O. The van der Waals surface area contributed by atoms with E-state index in [1.54, 1.807) is 36.4 Å². The number of nitrogen functional groups attached to an aromatic ring is 1. The van der Waals surface area contributed by atoms with Crippen molar-refractivity contribution in [1.82, 2.24) is 10.3 Å². The Morgan fingerprint density at radius 2 is 1.83 bits per heavy atom. The summed E-state index contributed by atoms with van der Waals surface area (Å²) < 4.78 is 39.1. The fourth-order valence-corrected chi connectivity index (χ4v) is 2.92. The normalized spacial score (nSPS) is 11.4. The van der Waals surface area contributed by atoms with E-state index in [-0.39, 0.29) is 23.5 Å². The van der Waals surface area contributed by atoms with Crippen LogP contribution >= 0.6 is 0 Å². The van der Waals surface area contributed by atoms with Gasteiger partial charge in [-0.1, -0.05) is 6.07 Å². The third-order valence-electron chi connectivity index (χ3n) is 4.26. The fraction of sp³-hybridized carbons (Fsp3) is 0.182. The summed E-state index contributed by atoms with van der Waals surface area (Å²) in [5.41, 5.74) is 7.55. The lowest BCUT2D eigenvalue weighted by Crippen LogP contribution is -2.30. The van der Waals surface area contributed by atoms with Gasteiger partial charge in [0.25, 0.3) is 5.91 Å². The standard InChI is InChI=1S/C22H21F3N4O/c1-13(2)28-21(30)15-6-7-19(18(10-15)14-8-9-27-20(26)11-14)29-17-5-3-4-16(12-17)22(23,24)25/h3-13,29H,1-2H3,(H2,26,27)(H,28,30). The molecule has 0 radical (unpaired) electrons. The quantitative estimate of drug-likeness (QED) is 0.534. The summed E-state index contributed by atoms with van der Waals surface area (Å²) in [5, 5.41) is 5.84. The third kappa shape index (κ3) is 5.08. The van der Waals surface area contributed by atoms with Crippen LogP contribution in [0, 0.1) is 0 Å². The topological polar surface area (TPSA) is 80.0 Å². The number of hydrogen-bond donors (Lipinski definition) is 3. The Balaban J connectivity index is 2.04. The van der Waals surface area contributed by atoms with Crippen LogP contribution in [0.25, 0.3) is 11.1 Å². The van der Waals surface area contributed by atoms with Gasteiger partial charge in [0, 0.05) is 34.7 Å². The van der Waals surface area contributed by atoms with Crippen LogP contribution in [0.5, 0.6) is 0 Å². The molecule has 3 rings (SSSR count). The zero-order chi connectivity index (χ0) is 21.9. The maximum absolute atomic E-state index is 13.0. The van der Waals surface area contributed by atoms with Gasteiger partial charge in [0.1, 0.15) is 5.82 Å². The molecule has 0 aliphatic carbocycles. The Hall–Kier alpha value is -3.55. The number of aromatic nitrogens is 1. The van der Waals surface area contributed by atoms with E-state index in [0.29, 0.717) is 22.4 Å². The zero-order valence-electron chi connectivity index (χ0n) is 16.4. The molecule has 3 aromatic rings. The van der Waals surface area contributed by atoms with Crippen LogP contribution < -0.4 is 16.4 Å². The van der Waals surface area contributed by atoms with Gasteiger partial charge in [-0.3, -0.25) is 4.79 Å². The SMILES string of the molecule is CC(C)NC(=O)c1ccc(Nc2cccc(C(F)(F)F)c2)c(-c2ccnc(N)c2)c1. The molecule has 1 amide bonds. The molecule has 0 aliphatic rings. The monoisotopic (exact) mass is 414 g/mol. The molecule has 5 nitrogen and oxygen atoms in total. The summed E-state index contributed by atoms with van der Waals surface area (Å²) in [6.45, 7) is 3.71. The molecule has 4 N–H and O–H groups in total. The highest BCUT2D eigenvalue weighted by Gasteiger charge is 2.30. The molecule has 1 aromatic heterocycles. The van der Waals surface area contributed by atoms with Gasteiger partial charge in [-0.15, -0.1) is 0 Å². The molecule has 8 heteroatoms. The molecule has 30 heavy (non-hydrogen) atoms. The summed E-state index contributed by atoms with van der Waals surface area (Å²) in [7, 11) is 0. The molecule has 0 aliphatic heterocycles. The van der Waals surface area contributed by atoms with Crippen LogP contribution in [0.2, 0.25) is 0 Å². The zero-order valence-corrected chi connectivity index (χ0v) is 16.4. The second kappa shape index (κ2) is 8.44. The number of amides is 1. The summed E-state index contributed by atoms with van der Waals surface area (Å²) in [5.74, 6) is 0.0356. The van der Waals surface area contributed by atoms with Crippen molar-refractivity contribution in [3.05, 3.63) is 71.9 Å². The molecule has 0 atom stereocenters. The molecule has 156 valence electrons. The van der Waals surface area contributed by atoms with Crippen LogP contribution in [-0.2, 0) is 6.18 Å². The Morgan fingerprint density at radius 3 is 2.50 bits per heavy atom. The summed E-state index contributed by atoms with van der Waals surface area (Å²) in [6.07, 6.45) is -2.92. The number of rotatable bonds is 5. The summed E-state index contributed by atoms with van der Waals surface area (Å²) in [4.78, 5) is 16.4. The average molecular weight is 414 g/mol. The van der Waals surface area contributed by atoms with Crippen LogP contribution in [-0.4, -0.2) is 16.9 Å². The van der Waals surface area contributed by atoms with Crippen LogP contribution in [0.4, 0.5) is 30.4 Å². The molecule has 0 unspecified atom stereocenters. The van der Waals surface area contributed by atoms with Crippen molar-refractivity contribution in [2.75, 3.05) is 11.1 Å². The minimum absolute atomic E-state index is 0.0413. The molecule has 0 saturated carbocycles. The number of nitrogens with one attached hydrogen (secondary N) is 2. The van der Waals surface area contributed by atoms with Gasteiger partial charge < -0.3 is 16.4 Å². The van der Waals surface area contributed by atoms with E-state index >= 15 is 0 Å². The smallest absolute Gasteiger partial charge is 0.384 e. The Labute approximate surface area is 172 Å². The molecule has 1 heterocycles. The van der Waals surface area contributed by atoms with Crippen molar-refractivity contribution in [1.29, 1.82) is 0 Å². The first-order valence-corrected chi connectivity index (χ1v) is 9.24. The van der Waals surface area contributed by atoms with E-state index in [9.17, 15) is 18.0 Å². The third-order valence-corrected chi connectivity index (χ3v) is 4.26. The maximum Gasteiger partial charge on any atom is 0.416 e. The van der Waals surface area contributed by atoms with E-state index in [4.69, 9.17) is 5.73 Å². The van der Waals surface area contributed by atoms with E-state index in [1.807, 2.05) is 13.8 Å². The number of carbonyl (C=O) groups is 1. The number of nitrogens with two attached hydrogens (primary N) is 1. The van der Waals surface area contributed by atoms with Gasteiger partial charge >= 0.3 is 6.18 Å². The second-order valence-corrected chi connectivity index (χ2v) is 7.06. The van der Waals surface area contributed by atoms with Crippen molar-refractivity contribution in [3.63, 3.8) is 0 Å². The number of anilines is 3. The lowest BCUT2D eigenvalue weighted by Gasteiger charge is -2.16. The summed E-state index contributed by atoms with van der Waals surface area (Å²) in [6, 6.07) is 13.2. The van der Waals surface area contributed by atoms with Crippen molar-refractivity contribution >= 4 is 23.1 Å². The number of halogens is 3. The van der Waals surface area contributed by atoms with Gasteiger partial charge in [-0.25, -0.2) is 4.98 Å². The fourth-order valence-electron chi connectivity index (χ4n) is 2.92. The number of hydrogen-bond acceptors (Lipinski definition) is 4. The molecule has 2 aromatic carbocycles. The van der Waals surface area contributed by atoms with Gasteiger partial charge in [0.15, 0.2) is 0 Å². The highest BCUT2D eigenvalue weighted by molar-refractivity contribution is 5.97. The van der Waals surface area contributed by atoms with Crippen molar-refractivity contribution in [3.8, 4) is 11.1 Å². The second-order valence-electron chi connectivity index (χ2n) is 7.06. The maximum atomic E-state index is 13.0. The number of benzene rings is 2. The van der Waals surface area contributed by atoms with Crippen LogP contribution in [0.3, 0.4) is 0 Å². The number of pyridine rings is 1. The highest BCUT2D eigenvalue weighted by atomic mass is 19.4. The van der Waals surface area contributed by atoms with Gasteiger partial charge in [-0.05, 0) is 67.9 Å². The van der Waals surface area contributed by atoms with E-state index < -0.39 is 11.7 Å². The average Bonchev–Trinajstić information content (AvgIpc) is 2.67. The predicted molar refractivity (Wildman–Crippen MR) is 111 cm³/mol. The molecule has 0 fully saturated rings. The van der Waals surface area contributed by atoms with Gasteiger partial charge in [0.05, 0.1) is 5.56 Å². The van der Waals surface area contributed by atoms with Crippen molar-refractivity contribution < 1.29 is 18.0 Å². The lowest BCUT2D eigenvalue weighted by molar-refractivity contribution is -0.137. The Bertz CT molecular complexity index is 1060. The number of carbonyl (C=O) groups excluding carboxylic acids is 1. The number of nitrogens with zero attached hydrogens (tertiary/aromatic N) is 1.